The molecule has 0 aliphatic heterocycles. The summed E-state index contributed by atoms with van der Waals surface area (Å²) in [6.45, 7) is 8.33. The van der Waals surface area contributed by atoms with Crippen LogP contribution in [0.3, 0.4) is 0 Å². The first kappa shape index (κ1) is 9.49. The molecule has 0 aromatic heterocycles. The lowest BCUT2D eigenvalue weighted by atomic mass is 9.77. The van der Waals surface area contributed by atoms with Gasteiger partial charge in [-0.1, -0.05) is 26.7 Å². The Bertz CT molecular complexity index is 126. The van der Waals surface area contributed by atoms with Crippen molar-refractivity contribution in [3.8, 4) is 6.07 Å². The maximum Gasteiger partial charge on any atom is 0.0686 e. The van der Waals surface area contributed by atoms with Crippen molar-refractivity contribution in [2.75, 3.05) is 0 Å². The summed E-state index contributed by atoms with van der Waals surface area (Å²) in [7, 11) is 0. The van der Waals surface area contributed by atoms with E-state index in [9.17, 15) is 0 Å². The molecule has 0 atom stereocenters. The Kier molecular flexibility index (Phi) is 3.42. The van der Waals surface area contributed by atoms with Crippen LogP contribution in [0.15, 0.2) is 0 Å². The summed E-state index contributed by atoms with van der Waals surface area (Å²) in [5.41, 5.74) is -0.135. The fourth-order valence-electron chi connectivity index (χ4n) is 1.40. The molecule has 1 nitrogen and oxygen atoms in total. The standard InChI is InChI=1S/C9H17N/c1-5-8(6-2)9(3,4)7-10/h8H,5-6H2,1-4H3. The molecule has 0 heterocycles. The zero-order valence-electron chi connectivity index (χ0n) is 7.44. The second-order valence-corrected chi connectivity index (χ2v) is 3.35. The van der Waals surface area contributed by atoms with E-state index in [-0.39, 0.29) is 5.41 Å². The SMILES string of the molecule is CCC(CC)C(C)(C)C#N. The Morgan fingerprint density at radius 2 is 1.70 bits per heavy atom. The van der Waals surface area contributed by atoms with Crippen molar-refractivity contribution in [1.29, 1.82) is 5.26 Å². The van der Waals surface area contributed by atoms with E-state index >= 15 is 0 Å². The highest BCUT2D eigenvalue weighted by Gasteiger charge is 2.25. The second-order valence-electron chi connectivity index (χ2n) is 3.35. The normalized spacial score (nSPS) is 11.6. The van der Waals surface area contributed by atoms with Crippen molar-refractivity contribution in [3.63, 3.8) is 0 Å². The molecule has 0 spiro atoms. The third-order valence-electron chi connectivity index (χ3n) is 2.29. The highest BCUT2D eigenvalue weighted by molar-refractivity contribution is 4.95. The van der Waals surface area contributed by atoms with E-state index in [1.54, 1.807) is 0 Å². The number of nitriles is 1. The third kappa shape index (κ3) is 2.02. The zero-order chi connectivity index (χ0) is 8.20. The van der Waals surface area contributed by atoms with E-state index in [4.69, 9.17) is 5.26 Å². The van der Waals surface area contributed by atoms with Crippen LogP contribution >= 0.6 is 0 Å². The van der Waals surface area contributed by atoms with E-state index in [0.29, 0.717) is 5.92 Å². The lowest BCUT2D eigenvalue weighted by Gasteiger charge is -2.25. The molecule has 0 aliphatic rings. The largest absolute Gasteiger partial charge is 0.198 e. The average molecular weight is 139 g/mol. The van der Waals surface area contributed by atoms with Crippen LogP contribution in [0.2, 0.25) is 0 Å². The van der Waals surface area contributed by atoms with Gasteiger partial charge < -0.3 is 0 Å². The van der Waals surface area contributed by atoms with Crippen LogP contribution in [0.25, 0.3) is 0 Å². The molecule has 10 heavy (non-hydrogen) atoms. The summed E-state index contributed by atoms with van der Waals surface area (Å²) in [5.74, 6) is 0.553. The van der Waals surface area contributed by atoms with Crippen LogP contribution in [-0.4, -0.2) is 0 Å². The first-order chi connectivity index (χ1) is 4.58. The van der Waals surface area contributed by atoms with Crippen LogP contribution in [-0.2, 0) is 0 Å². The molecule has 0 aliphatic carbocycles. The maximum atomic E-state index is 8.78. The molecule has 0 aromatic carbocycles. The van der Waals surface area contributed by atoms with Crippen molar-refractivity contribution in [2.24, 2.45) is 11.3 Å². The van der Waals surface area contributed by atoms with E-state index in [1.807, 2.05) is 13.8 Å². The highest BCUT2D eigenvalue weighted by Crippen LogP contribution is 2.30. The van der Waals surface area contributed by atoms with Gasteiger partial charge in [-0.3, -0.25) is 0 Å². The summed E-state index contributed by atoms with van der Waals surface area (Å²) in [5, 5.41) is 8.78. The lowest BCUT2D eigenvalue weighted by Crippen LogP contribution is -2.20. The fraction of sp³-hybridized carbons (Fsp3) is 0.889. The predicted molar refractivity (Wildman–Crippen MR) is 43.5 cm³/mol. The topological polar surface area (TPSA) is 23.8 Å². The number of rotatable bonds is 3. The summed E-state index contributed by atoms with van der Waals surface area (Å²) in [6.07, 6.45) is 2.22. The summed E-state index contributed by atoms with van der Waals surface area (Å²) in [6, 6.07) is 2.34. The summed E-state index contributed by atoms with van der Waals surface area (Å²) in [4.78, 5) is 0. The van der Waals surface area contributed by atoms with Crippen molar-refractivity contribution in [3.05, 3.63) is 0 Å². The first-order valence-electron chi connectivity index (χ1n) is 3.99. The molecule has 0 unspecified atom stereocenters. The van der Waals surface area contributed by atoms with Gasteiger partial charge >= 0.3 is 0 Å². The molecule has 0 saturated heterocycles. The number of nitrogens with zero attached hydrogens (tertiary/aromatic N) is 1. The minimum Gasteiger partial charge on any atom is -0.198 e. The summed E-state index contributed by atoms with van der Waals surface area (Å²) >= 11 is 0. The Morgan fingerprint density at radius 1 is 1.30 bits per heavy atom. The van der Waals surface area contributed by atoms with Gasteiger partial charge in [0.05, 0.1) is 11.5 Å². The molecular weight excluding hydrogens is 122 g/mol. The van der Waals surface area contributed by atoms with Gasteiger partial charge in [0.15, 0.2) is 0 Å². The molecule has 0 fully saturated rings. The Morgan fingerprint density at radius 3 is 1.80 bits per heavy atom. The van der Waals surface area contributed by atoms with E-state index in [2.05, 4.69) is 19.9 Å². The second kappa shape index (κ2) is 3.61. The molecule has 0 rings (SSSR count). The van der Waals surface area contributed by atoms with Crippen molar-refractivity contribution in [1.82, 2.24) is 0 Å². The van der Waals surface area contributed by atoms with Gasteiger partial charge in [-0.2, -0.15) is 5.26 Å². The molecule has 1 heteroatoms. The Labute approximate surface area is 64.1 Å². The molecule has 0 saturated carbocycles. The Balaban J connectivity index is 4.15. The van der Waals surface area contributed by atoms with Gasteiger partial charge in [-0.25, -0.2) is 0 Å². The fourth-order valence-corrected chi connectivity index (χ4v) is 1.40. The van der Waals surface area contributed by atoms with Crippen LogP contribution in [0, 0.1) is 22.7 Å². The maximum absolute atomic E-state index is 8.78. The van der Waals surface area contributed by atoms with Gasteiger partial charge in [0, 0.05) is 0 Å². The van der Waals surface area contributed by atoms with E-state index in [0.717, 1.165) is 12.8 Å². The van der Waals surface area contributed by atoms with Crippen LogP contribution in [0.5, 0.6) is 0 Å². The van der Waals surface area contributed by atoms with Gasteiger partial charge in [0.25, 0.3) is 0 Å². The molecular formula is C9H17N. The Hall–Kier alpha value is -0.510. The van der Waals surface area contributed by atoms with Crippen molar-refractivity contribution < 1.29 is 0 Å². The van der Waals surface area contributed by atoms with Crippen LogP contribution in [0.4, 0.5) is 0 Å². The van der Waals surface area contributed by atoms with Crippen molar-refractivity contribution >= 4 is 0 Å². The zero-order valence-corrected chi connectivity index (χ0v) is 7.44. The van der Waals surface area contributed by atoms with Gasteiger partial charge in [-0.15, -0.1) is 0 Å². The molecule has 0 radical (unpaired) electrons. The molecule has 0 aromatic rings. The van der Waals surface area contributed by atoms with Crippen LogP contribution in [0.1, 0.15) is 40.5 Å². The number of hydrogen-bond acceptors (Lipinski definition) is 1. The van der Waals surface area contributed by atoms with E-state index < -0.39 is 0 Å². The highest BCUT2D eigenvalue weighted by atomic mass is 14.4. The minimum absolute atomic E-state index is 0.135. The predicted octanol–water partition coefficient (Wildman–Crippen LogP) is 2.97. The van der Waals surface area contributed by atoms with Gasteiger partial charge in [-0.05, 0) is 19.8 Å². The number of hydrogen-bond donors (Lipinski definition) is 0. The van der Waals surface area contributed by atoms with Gasteiger partial charge in [0.2, 0.25) is 0 Å². The summed E-state index contributed by atoms with van der Waals surface area (Å²) < 4.78 is 0. The molecule has 0 bridgehead atoms. The third-order valence-corrected chi connectivity index (χ3v) is 2.29. The quantitative estimate of drug-likeness (QED) is 0.589. The smallest absolute Gasteiger partial charge is 0.0686 e. The minimum atomic E-state index is -0.135. The lowest BCUT2D eigenvalue weighted by molar-refractivity contribution is 0.276. The van der Waals surface area contributed by atoms with E-state index in [1.165, 1.54) is 0 Å². The van der Waals surface area contributed by atoms with Crippen molar-refractivity contribution in [2.45, 2.75) is 40.5 Å². The van der Waals surface area contributed by atoms with Crippen LogP contribution < -0.4 is 0 Å². The average Bonchev–Trinajstić information content (AvgIpc) is 1.90. The molecule has 0 amide bonds. The van der Waals surface area contributed by atoms with Gasteiger partial charge in [0.1, 0.15) is 0 Å². The first-order valence-corrected chi connectivity index (χ1v) is 3.99. The molecule has 58 valence electrons. The monoisotopic (exact) mass is 139 g/mol. The molecule has 0 N–H and O–H groups in total.